The van der Waals surface area contributed by atoms with Gasteiger partial charge in [-0.3, -0.25) is 4.79 Å². The number of hydrogen-bond acceptors (Lipinski definition) is 5. The maximum Gasteiger partial charge on any atom is 0.289 e. The molecule has 7 nitrogen and oxygen atoms in total. The smallest absolute Gasteiger partial charge is 0.289 e. The first-order chi connectivity index (χ1) is 12.7. The molecule has 0 radical (unpaired) electrons. The molecule has 3 atom stereocenters. The van der Waals surface area contributed by atoms with Gasteiger partial charge in [0.25, 0.3) is 5.91 Å². The molecule has 3 fully saturated rings. The Morgan fingerprint density at radius 3 is 2.52 bits per heavy atom. The van der Waals surface area contributed by atoms with Gasteiger partial charge in [0, 0.05) is 31.6 Å². The van der Waals surface area contributed by atoms with Gasteiger partial charge in [0.1, 0.15) is 0 Å². The molecule has 0 aromatic carbocycles. The second-order valence-electron chi connectivity index (χ2n) is 8.79. The van der Waals surface area contributed by atoms with E-state index in [2.05, 4.69) is 13.8 Å². The highest BCUT2D eigenvalue weighted by molar-refractivity contribution is 7.89. The number of piperazine rings is 1. The molecular formula is C19H28N2O5S. The van der Waals surface area contributed by atoms with Crippen molar-refractivity contribution in [3.63, 3.8) is 0 Å². The number of aliphatic hydroxyl groups excluding tert-OH is 1. The summed E-state index contributed by atoms with van der Waals surface area (Å²) in [6, 6.07) is 3.28. The van der Waals surface area contributed by atoms with Crippen molar-refractivity contribution in [3.05, 3.63) is 24.2 Å². The predicted octanol–water partition coefficient (Wildman–Crippen LogP) is 1.55. The van der Waals surface area contributed by atoms with Crippen molar-refractivity contribution in [3.8, 4) is 0 Å². The lowest BCUT2D eigenvalue weighted by atomic mass is 9.70. The summed E-state index contributed by atoms with van der Waals surface area (Å²) in [5.74, 6) is 0.460. The largest absolute Gasteiger partial charge is 0.459 e. The molecule has 1 saturated heterocycles. The first-order valence-corrected chi connectivity index (χ1v) is 11.3. The first kappa shape index (κ1) is 19.0. The molecule has 2 aliphatic carbocycles. The summed E-state index contributed by atoms with van der Waals surface area (Å²) in [5, 5.41) is 10.6. The van der Waals surface area contributed by atoms with E-state index in [0.717, 1.165) is 12.8 Å². The number of amides is 1. The van der Waals surface area contributed by atoms with Crippen LogP contribution in [0.1, 0.15) is 43.7 Å². The maximum absolute atomic E-state index is 13.2. The van der Waals surface area contributed by atoms with E-state index in [9.17, 15) is 18.3 Å². The minimum Gasteiger partial charge on any atom is -0.459 e. The molecule has 27 heavy (non-hydrogen) atoms. The molecule has 2 heterocycles. The number of carbonyl (C=O) groups excluding carboxylic acids is 1. The lowest BCUT2D eigenvalue weighted by molar-refractivity contribution is 0.0142. The van der Waals surface area contributed by atoms with Gasteiger partial charge in [0.05, 0.1) is 18.1 Å². The van der Waals surface area contributed by atoms with Crippen molar-refractivity contribution in [2.75, 3.05) is 31.9 Å². The molecule has 3 aliphatic rings. The fourth-order valence-electron chi connectivity index (χ4n) is 5.52. The molecule has 2 bridgehead atoms. The zero-order chi connectivity index (χ0) is 19.4. The van der Waals surface area contributed by atoms with Crippen molar-refractivity contribution >= 4 is 15.9 Å². The first-order valence-electron chi connectivity index (χ1n) is 9.66. The van der Waals surface area contributed by atoms with E-state index in [1.807, 2.05) is 0 Å². The third-order valence-corrected chi connectivity index (χ3v) is 9.51. The van der Waals surface area contributed by atoms with Crippen molar-refractivity contribution < 1.29 is 22.7 Å². The number of fused-ring (bicyclic) bond motifs is 2. The Labute approximate surface area is 160 Å². The Kier molecular flexibility index (Phi) is 4.44. The van der Waals surface area contributed by atoms with E-state index < -0.39 is 21.5 Å². The number of furan rings is 1. The highest BCUT2D eigenvalue weighted by atomic mass is 32.2. The van der Waals surface area contributed by atoms with Crippen molar-refractivity contribution in [1.82, 2.24) is 9.21 Å². The number of nitrogens with zero attached hydrogens (tertiary/aromatic N) is 2. The number of rotatable bonds is 4. The van der Waals surface area contributed by atoms with Crippen LogP contribution in [0.25, 0.3) is 0 Å². The van der Waals surface area contributed by atoms with E-state index in [1.165, 1.54) is 10.6 Å². The SMILES string of the molecule is CC1(C)[C@H]2CC[C@@]1(CS(=O)(=O)N1CCN(C(=O)c3ccco3)CC1)[C@@H](O)C2. The molecule has 8 heteroatoms. The van der Waals surface area contributed by atoms with Crippen LogP contribution in [0, 0.1) is 16.7 Å². The average molecular weight is 397 g/mol. The molecule has 1 amide bonds. The van der Waals surface area contributed by atoms with E-state index in [-0.39, 0.29) is 35.9 Å². The molecule has 1 aliphatic heterocycles. The summed E-state index contributed by atoms with van der Waals surface area (Å²) in [7, 11) is -3.51. The van der Waals surface area contributed by atoms with Gasteiger partial charge >= 0.3 is 0 Å². The molecule has 1 aromatic heterocycles. The Balaban J connectivity index is 1.44. The van der Waals surface area contributed by atoms with Crippen LogP contribution in [0.5, 0.6) is 0 Å². The molecule has 2 saturated carbocycles. The van der Waals surface area contributed by atoms with E-state index >= 15 is 0 Å². The summed E-state index contributed by atoms with van der Waals surface area (Å²) < 4.78 is 32.9. The van der Waals surface area contributed by atoms with Gasteiger partial charge in [0.2, 0.25) is 10.0 Å². The van der Waals surface area contributed by atoms with Gasteiger partial charge in [-0.2, -0.15) is 4.31 Å². The van der Waals surface area contributed by atoms with Crippen LogP contribution in [0.3, 0.4) is 0 Å². The Bertz CT molecular complexity index is 811. The molecule has 0 spiro atoms. The third-order valence-electron chi connectivity index (χ3n) is 7.48. The zero-order valence-corrected chi connectivity index (χ0v) is 16.7. The highest BCUT2D eigenvalue weighted by Gasteiger charge is 2.65. The van der Waals surface area contributed by atoms with E-state index in [1.54, 1.807) is 17.0 Å². The monoisotopic (exact) mass is 396 g/mol. The zero-order valence-electron chi connectivity index (χ0n) is 15.9. The Morgan fingerprint density at radius 2 is 2.00 bits per heavy atom. The van der Waals surface area contributed by atoms with Crippen LogP contribution in [0.4, 0.5) is 0 Å². The van der Waals surface area contributed by atoms with Gasteiger partial charge < -0.3 is 14.4 Å². The molecule has 1 N–H and O–H groups in total. The van der Waals surface area contributed by atoms with Crippen molar-refractivity contribution in [1.29, 1.82) is 0 Å². The topological polar surface area (TPSA) is 91.1 Å². The highest BCUT2D eigenvalue weighted by Crippen LogP contribution is 2.66. The number of sulfonamides is 1. The van der Waals surface area contributed by atoms with Crippen LogP contribution < -0.4 is 0 Å². The predicted molar refractivity (Wildman–Crippen MR) is 99.5 cm³/mol. The van der Waals surface area contributed by atoms with Crippen LogP contribution in [0.15, 0.2) is 22.8 Å². The Morgan fingerprint density at radius 1 is 1.30 bits per heavy atom. The van der Waals surface area contributed by atoms with Crippen molar-refractivity contribution in [2.24, 2.45) is 16.7 Å². The lowest BCUT2D eigenvalue weighted by Crippen LogP contribution is -2.54. The summed E-state index contributed by atoms with van der Waals surface area (Å²) in [4.78, 5) is 14.0. The van der Waals surface area contributed by atoms with Crippen LogP contribution in [0.2, 0.25) is 0 Å². The van der Waals surface area contributed by atoms with Gasteiger partial charge in [-0.25, -0.2) is 8.42 Å². The third kappa shape index (κ3) is 2.84. The van der Waals surface area contributed by atoms with Gasteiger partial charge in [-0.1, -0.05) is 13.8 Å². The van der Waals surface area contributed by atoms with Crippen molar-refractivity contribution in [2.45, 2.75) is 39.2 Å². The molecule has 1 aromatic rings. The Hall–Kier alpha value is -1.38. The molecule has 150 valence electrons. The second kappa shape index (κ2) is 6.32. The molecule has 0 unspecified atom stereocenters. The second-order valence-corrected chi connectivity index (χ2v) is 10.8. The van der Waals surface area contributed by atoms with Crippen LogP contribution >= 0.6 is 0 Å². The minimum absolute atomic E-state index is 0.00318. The van der Waals surface area contributed by atoms with Gasteiger partial charge in [0.15, 0.2) is 5.76 Å². The maximum atomic E-state index is 13.2. The van der Waals surface area contributed by atoms with Gasteiger partial charge in [-0.05, 0) is 42.7 Å². The van der Waals surface area contributed by atoms with E-state index in [4.69, 9.17) is 4.42 Å². The van der Waals surface area contributed by atoms with Gasteiger partial charge in [-0.15, -0.1) is 0 Å². The number of aliphatic hydroxyl groups is 1. The summed E-state index contributed by atoms with van der Waals surface area (Å²) in [6.07, 6.45) is 3.36. The molecular weight excluding hydrogens is 368 g/mol. The van der Waals surface area contributed by atoms with Crippen LogP contribution in [-0.2, 0) is 10.0 Å². The molecule has 4 rings (SSSR count). The van der Waals surface area contributed by atoms with Crippen LogP contribution in [-0.4, -0.2) is 66.7 Å². The number of hydrogen-bond donors (Lipinski definition) is 1. The quantitative estimate of drug-likeness (QED) is 0.834. The minimum atomic E-state index is -3.51. The fourth-order valence-corrected chi connectivity index (χ4v) is 7.78. The average Bonchev–Trinajstić information content (AvgIpc) is 3.28. The standard InChI is InChI=1S/C19H28N2O5S/c1-18(2)14-5-6-19(18,16(22)12-14)13-27(24,25)21-9-7-20(8-10-21)17(23)15-4-3-11-26-15/h3-4,11,14,16,22H,5-10,12-13H2,1-2H3/t14-,16-,19+/m0/s1. The van der Waals surface area contributed by atoms with E-state index in [0.29, 0.717) is 25.4 Å². The summed E-state index contributed by atoms with van der Waals surface area (Å²) >= 11 is 0. The lowest BCUT2D eigenvalue weighted by Gasteiger charge is -2.42. The number of carbonyl (C=O) groups is 1. The summed E-state index contributed by atoms with van der Waals surface area (Å²) in [5.41, 5.74) is -0.728. The fraction of sp³-hybridized carbons (Fsp3) is 0.737. The normalized spacial score (nSPS) is 33.5. The summed E-state index contributed by atoms with van der Waals surface area (Å²) in [6.45, 7) is 5.48.